The average molecular weight is 386 g/mol. The number of aromatic nitrogens is 1. The molecule has 0 amide bonds. The Morgan fingerprint density at radius 3 is 2.43 bits per heavy atom. The molecule has 3 rings (SSSR count). The summed E-state index contributed by atoms with van der Waals surface area (Å²) in [6.45, 7) is 8.11. The van der Waals surface area contributed by atoms with Crippen molar-refractivity contribution in [3.05, 3.63) is 51.9 Å². The van der Waals surface area contributed by atoms with E-state index in [4.69, 9.17) is 9.47 Å². The van der Waals surface area contributed by atoms with E-state index in [-0.39, 0.29) is 5.56 Å². The van der Waals surface area contributed by atoms with Crippen molar-refractivity contribution in [1.82, 2.24) is 14.4 Å². The second-order valence-corrected chi connectivity index (χ2v) is 7.57. The van der Waals surface area contributed by atoms with Crippen LogP contribution in [0.2, 0.25) is 0 Å². The number of piperazine rings is 1. The number of hydrogen-bond acceptors (Lipinski definition) is 5. The normalized spacial score (nSPS) is 15.7. The van der Waals surface area contributed by atoms with Crippen LogP contribution >= 0.6 is 0 Å². The van der Waals surface area contributed by atoms with Crippen molar-refractivity contribution in [2.75, 3.05) is 53.6 Å². The molecule has 1 saturated heterocycles. The third-order valence-electron chi connectivity index (χ3n) is 5.30. The molecule has 152 valence electrons. The zero-order valence-corrected chi connectivity index (χ0v) is 17.4. The minimum Gasteiger partial charge on any atom is -0.491 e. The van der Waals surface area contributed by atoms with Gasteiger partial charge in [-0.3, -0.25) is 9.69 Å². The van der Waals surface area contributed by atoms with Gasteiger partial charge in [0.2, 0.25) is 0 Å². The number of aryl methyl sites for hydroxylation is 2. The van der Waals surface area contributed by atoms with Crippen LogP contribution in [0.4, 0.5) is 0 Å². The second kappa shape index (κ2) is 9.37. The van der Waals surface area contributed by atoms with E-state index in [9.17, 15) is 4.79 Å². The Kier molecular flexibility index (Phi) is 6.88. The molecule has 0 atom stereocenters. The van der Waals surface area contributed by atoms with E-state index < -0.39 is 0 Å². The maximum Gasteiger partial charge on any atom is 0.253 e. The number of rotatable bonds is 7. The molecular formula is C22H31N3O3. The highest BCUT2D eigenvalue weighted by Crippen LogP contribution is 2.28. The first kappa shape index (κ1) is 20.6. The van der Waals surface area contributed by atoms with E-state index in [0.717, 1.165) is 55.2 Å². The van der Waals surface area contributed by atoms with Crippen LogP contribution in [0.3, 0.4) is 0 Å². The molecule has 1 aliphatic rings. The highest BCUT2D eigenvalue weighted by Gasteiger charge is 2.16. The smallest absolute Gasteiger partial charge is 0.253 e. The Hall–Kier alpha value is -2.15. The van der Waals surface area contributed by atoms with Gasteiger partial charge in [0.1, 0.15) is 12.4 Å². The number of pyridine rings is 1. The van der Waals surface area contributed by atoms with Crippen molar-refractivity contribution in [1.29, 1.82) is 0 Å². The van der Waals surface area contributed by atoms with Gasteiger partial charge in [-0.1, -0.05) is 12.1 Å². The lowest BCUT2D eigenvalue weighted by Crippen LogP contribution is -2.43. The predicted molar refractivity (Wildman–Crippen MR) is 112 cm³/mol. The van der Waals surface area contributed by atoms with E-state index in [1.165, 1.54) is 5.56 Å². The Morgan fingerprint density at radius 2 is 1.75 bits per heavy atom. The molecule has 1 fully saturated rings. The highest BCUT2D eigenvalue weighted by molar-refractivity contribution is 5.66. The molecule has 0 N–H and O–H groups in total. The Bertz CT molecular complexity index is 828. The fourth-order valence-corrected chi connectivity index (χ4v) is 3.52. The van der Waals surface area contributed by atoms with Gasteiger partial charge in [-0.05, 0) is 37.2 Å². The molecule has 1 aliphatic heterocycles. The van der Waals surface area contributed by atoms with Crippen LogP contribution in [0.15, 0.2) is 35.3 Å². The summed E-state index contributed by atoms with van der Waals surface area (Å²) in [5.74, 6) is 0.889. The molecule has 28 heavy (non-hydrogen) atoms. The maximum atomic E-state index is 12.0. The van der Waals surface area contributed by atoms with Gasteiger partial charge in [-0.2, -0.15) is 0 Å². The first-order valence-electron chi connectivity index (χ1n) is 9.81. The van der Waals surface area contributed by atoms with Crippen LogP contribution in [0.5, 0.6) is 5.75 Å². The van der Waals surface area contributed by atoms with E-state index in [1.807, 2.05) is 19.2 Å². The molecule has 0 saturated carbocycles. The molecule has 0 spiro atoms. The summed E-state index contributed by atoms with van der Waals surface area (Å²) >= 11 is 0. The van der Waals surface area contributed by atoms with Gasteiger partial charge in [-0.15, -0.1) is 0 Å². The number of likely N-dealkylation sites (N-methyl/N-ethyl adjacent to an activating group) is 1. The molecule has 0 aliphatic carbocycles. The standard InChI is InChI=1S/C22H31N3O3/c1-17-13-20(15-24(3)22(17)26)18-5-6-19(21(14-18)28-12-11-27-4)16-25-9-7-23(2)8-10-25/h5-6,13-15H,7-12,16H2,1-4H3. The number of benzene rings is 1. The van der Waals surface area contributed by atoms with Crippen molar-refractivity contribution in [3.63, 3.8) is 0 Å². The first-order chi connectivity index (χ1) is 13.5. The van der Waals surface area contributed by atoms with Gasteiger partial charge in [0.05, 0.1) is 6.61 Å². The minimum atomic E-state index is 0.0343. The predicted octanol–water partition coefficient (Wildman–Crippen LogP) is 2.13. The number of nitrogens with zero attached hydrogens (tertiary/aromatic N) is 3. The molecule has 2 heterocycles. The summed E-state index contributed by atoms with van der Waals surface area (Å²) in [5.41, 5.74) is 4.02. The van der Waals surface area contributed by atoms with E-state index in [0.29, 0.717) is 13.2 Å². The molecule has 6 nitrogen and oxygen atoms in total. The third kappa shape index (κ3) is 5.01. The van der Waals surface area contributed by atoms with Crippen molar-refractivity contribution in [3.8, 4) is 16.9 Å². The Balaban J connectivity index is 1.87. The topological polar surface area (TPSA) is 46.9 Å². The minimum absolute atomic E-state index is 0.0343. The molecule has 0 radical (unpaired) electrons. The molecular weight excluding hydrogens is 354 g/mol. The van der Waals surface area contributed by atoms with Crippen molar-refractivity contribution >= 4 is 0 Å². The summed E-state index contributed by atoms with van der Waals surface area (Å²) in [6, 6.07) is 8.29. The second-order valence-electron chi connectivity index (χ2n) is 7.57. The lowest BCUT2D eigenvalue weighted by Gasteiger charge is -2.32. The van der Waals surface area contributed by atoms with Gasteiger partial charge in [-0.25, -0.2) is 0 Å². The Labute approximate surface area is 167 Å². The highest BCUT2D eigenvalue weighted by atomic mass is 16.5. The fourth-order valence-electron chi connectivity index (χ4n) is 3.52. The van der Waals surface area contributed by atoms with E-state index in [1.54, 1.807) is 18.7 Å². The quantitative estimate of drug-likeness (QED) is 0.684. The van der Waals surface area contributed by atoms with Crippen LogP contribution in [0.25, 0.3) is 11.1 Å². The van der Waals surface area contributed by atoms with Crippen LogP contribution in [-0.2, 0) is 18.3 Å². The Morgan fingerprint density at radius 1 is 1.00 bits per heavy atom. The summed E-state index contributed by atoms with van der Waals surface area (Å²) in [6.07, 6.45) is 1.88. The van der Waals surface area contributed by atoms with Gasteiger partial charge in [0.15, 0.2) is 0 Å². The number of methoxy groups -OCH3 is 1. The van der Waals surface area contributed by atoms with Crippen molar-refractivity contribution in [2.24, 2.45) is 7.05 Å². The molecule has 1 aromatic heterocycles. The summed E-state index contributed by atoms with van der Waals surface area (Å²) in [4.78, 5) is 16.8. The van der Waals surface area contributed by atoms with Gasteiger partial charge >= 0.3 is 0 Å². The third-order valence-corrected chi connectivity index (χ3v) is 5.30. The lowest BCUT2D eigenvalue weighted by molar-refractivity contribution is 0.137. The van der Waals surface area contributed by atoms with Gasteiger partial charge in [0, 0.05) is 64.2 Å². The van der Waals surface area contributed by atoms with Gasteiger partial charge in [0.25, 0.3) is 5.56 Å². The molecule has 0 unspecified atom stereocenters. The van der Waals surface area contributed by atoms with Crippen LogP contribution in [0.1, 0.15) is 11.1 Å². The zero-order chi connectivity index (χ0) is 20.1. The SMILES string of the molecule is COCCOc1cc(-c2cc(C)c(=O)n(C)c2)ccc1CN1CCN(C)CC1. The largest absolute Gasteiger partial charge is 0.491 e. The first-order valence-corrected chi connectivity index (χ1v) is 9.81. The zero-order valence-electron chi connectivity index (χ0n) is 17.4. The summed E-state index contributed by atoms with van der Waals surface area (Å²) in [5, 5.41) is 0. The van der Waals surface area contributed by atoms with Crippen LogP contribution in [-0.4, -0.2) is 67.9 Å². The van der Waals surface area contributed by atoms with Crippen molar-refractivity contribution < 1.29 is 9.47 Å². The molecule has 0 bridgehead atoms. The van der Waals surface area contributed by atoms with Gasteiger partial charge < -0.3 is 18.9 Å². The van der Waals surface area contributed by atoms with E-state index >= 15 is 0 Å². The number of hydrogen-bond donors (Lipinski definition) is 0. The fraction of sp³-hybridized carbons (Fsp3) is 0.500. The molecule has 2 aromatic rings. The van der Waals surface area contributed by atoms with Crippen LogP contribution in [0, 0.1) is 6.92 Å². The molecule has 6 heteroatoms. The lowest BCUT2D eigenvalue weighted by atomic mass is 10.0. The molecule has 1 aromatic carbocycles. The average Bonchev–Trinajstić information content (AvgIpc) is 2.68. The summed E-state index contributed by atoms with van der Waals surface area (Å²) < 4.78 is 12.8. The summed E-state index contributed by atoms with van der Waals surface area (Å²) in [7, 11) is 5.63. The van der Waals surface area contributed by atoms with E-state index in [2.05, 4.69) is 35.0 Å². The van der Waals surface area contributed by atoms with Crippen LogP contribution < -0.4 is 10.3 Å². The monoisotopic (exact) mass is 385 g/mol. The number of ether oxygens (including phenoxy) is 2. The van der Waals surface area contributed by atoms with Crippen molar-refractivity contribution in [2.45, 2.75) is 13.5 Å². The maximum absolute atomic E-state index is 12.0.